The van der Waals surface area contributed by atoms with Gasteiger partial charge in [0.2, 0.25) is 0 Å². The summed E-state index contributed by atoms with van der Waals surface area (Å²) in [5, 5.41) is 31.8. The zero-order chi connectivity index (χ0) is 48.4. The van der Waals surface area contributed by atoms with Gasteiger partial charge < -0.3 is 29.4 Å². The molecule has 0 unspecified atom stereocenters. The Morgan fingerprint density at radius 2 is 1.18 bits per heavy atom. The van der Waals surface area contributed by atoms with Crippen LogP contribution in [0.25, 0.3) is 11.1 Å². The number of aliphatic carboxylic acids is 1. The van der Waals surface area contributed by atoms with Gasteiger partial charge in [0, 0.05) is 72.8 Å². The van der Waals surface area contributed by atoms with E-state index in [4.69, 9.17) is 47.3 Å². The minimum atomic E-state index is -0.994. The number of allylic oxidation sites excluding steroid dienone is 2. The molecule has 0 amide bonds. The van der Waals surface area contributed by atoms with Gasteiger partial charge >= 0.3 is 5.97 Å². The third-order valence-electron chi connectivity index (χ3n) is 10.8. The summed E-state index contributed by atoms with van der Waals surface area (Å²) in [6.07, 6.45) is 14.1. The molecule has 0 aliphatic carbocycles. The van der Waals surface area contributed by atoms with Crippen molar-refractivity contribution in [2.45, 2.75) is 73.0 Å². The molecule has 0 spiro atoms. The number of carbonyl (C=O) groups excluding carboxylic acids is 1. The number of pyridine rings is 2. The summed E-state index contributed by atoms with van der Waals surface area (Å²) in [6, 6.07) is 27.0. The van der Waals surface area contributed by atoms with Gasteiger partial charge in [-0.25, -0.2) is 4.79 Å². The van der Waals surface area contributed by atoms with Crippen LogP contribution in [0.5, 0.6) is 23.0 Å². The number of aryl methyl sites for hydroxylation is 1. The zero-order valence-corrected chi connectivity index (χ0v) is 39.4. The smallest absolute Gasteiger partial charge is 0.327 e. The molecule has 2 heterocycles. The number of nitrogens with zero attached hydrogens (tertiary/aromatic N) is 4. The van der Waals surface area contributed by atoms with Gasteiger partial charge in [-0.15, -0.1) is 0 Å². The number of halogens is 2. The van der Waals surface area contributed by atoms with Crippen LogP contribution < -0.4 is 24.3 Å². The third-order valence-corrected chi connectivity index (χ3v) is 11.4. The van der Waals surface area contributed by atoms with Crippen LogP contribution in [0.3, 0.4) is 0 Å². The number of aromatic nitrogens is 2. The first-order valence-corrected chi connectivity index (χ1v) is 22.5. The fourth-order valence-electron chi connectivity index (χ4n) is 7.24. The molecule has 346 valence electrons. The molecule has 2 N–H and O–H groups in total. The maximum Gasteiger partial charge on any atom is 0.327 e. The van der Waals surface area contributed by atoms with Crippen LogP contribution in [0.1, 0.15) is 75.4 Å². The highest BCUT2D eigenvalue weighted by atomic mass is 35.5. The first kappa shape index (κ1) is 49.9. The molecule has 0 aliphatic heterocycles. The Kier molecular flexibility index (Phi) is 18.3. The maximum atomic E-state index is 11.4. The van der Waals surface area contributed by atoms with Crippen LogP contribution in [-0.4, -0.2) is 33.4 Å². The molecule has 0 aliphatic rings. The van der Waals surface area contributed by atoms with Crippen LogP contribution in [0.15, 0.2) is 122 Å². The number of carboxylic acid groups (broad SMARTS) is 1. The molecular formula is C54H49Cl2N5O7. The van der Waals surface area contributed by atoms with Gasteiger partial charge in [0.25, 0.3) is 0 Å². The van der Waals surface area contributed by atoms with Gasteiger partial charge in [-0.1, -0.05) is 71.8 Å². The number of unbranched alkanes of at least 4 members (excludes halogenated alkanes) is 1. The fraction of sp³-hybridized carbons (Fsp3) is 0.222. The molecule has 0 radical (unpaired) electrons. The Morgan fingerprint density at radius 3 is 1.69 bits per heavy atom. The summed E-state index contributed by atoms with van der Waals surface area (Å²) in [5.41, 5.74) is 9.94. The quantitative estimate of drug-likeness (QED) is 0.0460. The minimum absolute atomic E-state index is 0.0372. The number of hydrogen-bond acceptors (Lipinski definition) is 11. The van der Waals surface area contributed by atoms with E-state index in [1.807, 2.05) is 30.3 Å². The second-order valence-electron chi connectivity index (χ2n) is 15.8. The number of ether oxygens (including phenoxy) is 4. The number of rotatable bonds is 23. The van der Waals surface area contributed by atoms with Gasteiger partial charge in [0.05, 0.1) is 21.2 Å². The Labute approximate surface area is 406 Å². The molecule has 6 rings (SSSR count). The first-order valence-electron chi connectivity index (χ1n) is 21.7. The normalized spacial score (nSPS) is 11.0. The molecule has 68 heavy (non-hydrogen) atoms. The molecule has 6 aromatic rings. The SMILES string of the molecule is CC(=O)/C=C/CNCc1cc(Cl)c(OCc2cccc(-c3cccc(COc4cc(OCc5cncc(C#N)c5)c(CCC/C=C/C(=O)O)cc4Cl)c3C)c2C)cc1OCc1cncc(C#N)c1. The van der Waals surface area contributed by atoms with Crippen LogP contribution in [-0.2, 0) is 49.0 Å². The largest absolute Gasteiger partial charge is 0.488 e. The van der Waals surface area contributed by atoms with E-state index in [9.17, 15) is 20.1 Å². The van der Waals surface area contributed by atoms with Crippen molar-refractivity contribution >= 4 is 35.0 Å². The molecule has 2 aromatic heterocycles. The van der Waals surface area contributed by atoms with Crippen molar-refractivity contribution in [2.24, 2.45) is 0 Å². The van der Waals surface area contributed by atoms with Crippen molar-refractivity contribution in [1.82, 2.24) is 15.3 Å². The van der Waals surface area contributed by atoms with Crippen molar-refractivity contribution < 1.29 is 33.6 Å². The summed E-state index contributed by atoms with van der Waals surface area (Å²) in [4.78, 5) is 30.6. The van der Waals surface area contributed by atoms with Gasteiger partial charge in [-0.2, -0.15) is 10.5 Å². The van der Waals surface area contributed by atoms with Crippen LogP contribution in [0.4, 0.5) is 0 Å². The van der Waals surface area contributed by atoms with Crippen molar-refractivity contribution in [2.75, 3.05) is 6.54 Å². The molecule has 4 aromatic carbocycles. The van der Waals surface area contributed by atoms with Crippen LogP contribution in [0, 0.1) is 36.5 Å². The molecular weight excluding hydrogens is 902 g/mol. The van der Waals surface area contributed by atoms with Gasteiger partial charge in [0.15, 0.2) is 5.78 Å². The lowest BCUT2D eigenvalue weighted by Crippen LogP contribution is -2.14. The van der Waals surface area contributed by atoms with Crippen LogP contribution >= 0.6 is 23.2 Å². The van der Waals surface area contributed by atoms with Crippen molar-refractivity contribution in [3.8, 4) is 46.3 Å². The van der Waals surface area contributed by atoms with E-state index in [1.54, 1.807) is 54.9 Å². The molecule has 14 heteroatoms. The maximum absolute atomic E-state index is 11.4. The first-order chi connectivity index (χ1) is 32.9. The van der Waals surface area contributed by atoms with Crippen molar-refractivity contribution in [3.05, 3.63) is 188 Å². The monoisotopic (exact) mass is 949 g/mol. The van der Waals surface area contributed by atoms with E-state index in [2.05, 4.69) is 53.4 Å². The summed E-state index contributed by atoms with van der Waals surface area (Å²) in [7, 11) is 0. The van der Waals surface area contributed by atoms with E-state index in [-0.39, 0.29) is 32.2 Å². The average molecular weight is 951 g/mol. The Morgan fingerprint density at radius 1 is 0.662 bits per heavy atom. The molecule has 0 bridgehead atoms. The number of ketones is 1. The summed E-state index contributed by atoms with van der Waals surface area (Å²) < 4.78 is 25.3. The van der Waals surface area contributed by atoms with E-state index in [0.717, 1.165) is 61.7 Å². The second-order valence-corrected chi connectivity index (χ2v) is 16.6. The standard InChI is InChI=1S/C54H49Cl2N5O7/c1-35(62)10-9-17-59-30-45-21-49(56)53(23-51(45)66-32-41-19-39(25-58)27-61-29-41)68-34-44-13-8-15-47(37(44)3)46-14-7-12-43(36(46)2)33-67-52-22-50(65-31-40-18-38(24-57)26-60-28-40)42(20-48(52)55)11-5-4-6-16-54(63)64/h6-10,12-16,18-23,26-29,59H,4-5,11,17,30-34H2,1-3H3,(H,63,64)/b10-9+,16-6+. The topological polar surface area (TPSA) is 177 Å². The number of nitrogens with one attached hydrogen (secondary N) is 1. The lowest BCUT2D eigenvalue weighted by molar-refractivity contribution is -0.131. The minimum Gasteiger partial charge on any atom is -0.488 e. The molecule has 0 saturated carbocycles. The Balaban J connectivity index is 1.18. The second kappa shape index (κ2) is 24.9. The molecule has 0 fully saturated rings. The van der Waals surface area contributed by atoms with Gasteiger partial charge in [0.1, 0.15) is 61.6 Å². The lowest BCUT2D eigenvalue weighted by atomic mass is 9.92. The Bertz CT molecular complexity index is 2730. The zero-order valence-electron chi connectivity index (χ0n) is 37.9. The molecule has 0 atom stereocenters. The predicted molar refractivity (Wildman–Crippen MR) is 261 cm³/mol. The predicted octanol–water partition coefficient (Wildman–Crippen LogP) is 11.3. The van der Waals surface area contributed by atoms with Gasteiger partial charge in [-0.05, 0) is 109 Å². The van der Waals surface area contributed by atoms with Crippen molar-refractivity contribution in [3.63, 3.8) is 0 Å². The molecule has 12 nitrogen and oxygen atoms in total. The third kappa shape index (κ3) is 14.3. The number of hydrogen-bond donors (Lipinski definition) is 2. The van der Waals surface area contributed by atoms with Crippen molar-refractivity contribution in [1.29, 1.82) is 10.5 Å². The highest BCUT2D eigenvalue weighted by Gasteiger charge is 2.17. The van der Waals surface area contributed by atoms with Gasteiger partial charge in [-0.3, -0.25) is 14.8 Å². The Hall–Kier alpha value is -7.48. The summed E-state index contributed by atoms with van der Waals surface area (Å²) in [6.45, 7) is 7.25. The number of benzene rings is 4. The summed E-state index contributed by atoms with van der Waals surface area (Å²) in [5.74, 6) is 0.935. The number of carboxylic acids is 1. The van der Waals surface area contributed by atoms with E-state index in [1.165, 1.54) is 25.4 Å². The fourth-order valence-corrected chi connectivity index (χ4v) is 7.72. The van der Waals surface area contributed by atoms with E-state index < -0.39 is 5.97 Å². The highest BCUT2D eigenvalue weighted by molar-refractivity contribution is 6.32. The summed E-state index contributed by atoms with van der Waals surface area (Å²) >= 11 is 13.7. The van der Waals surface area contributed by atoms with E-state index >= 15 is 0 Å². The lowest BCUT2D eigenvalue weighted by Gasteiger charge is -2.19. The van der Waals surface area contributed by atoms with Crippen LogP contribution in [0.2, 0.25) is 10.0 Å². The highest BCUT2D eigenvalue weighted by Crippen LogP contribution is 2.38. The molecule has 0 saturated heterocycles. The van der Waals surface area contributed by atoms with E-state index in [0.29, 0.717) is 76.5 Å². The number of carbonyl (C=O) groups is 2. The number of nitriles is 2. The average Bonchev–Trinajstić information content (AvgIpc) is 3.33.